The molecule has 1 amide bonds. The molecule has 21 heavy (non-hydrogen) atoms. The number of nitrogen functional groups attached to an aromatic ring is 1. The normalized spacial score (nSPS) is 23.1. The fourth-order valence-corrected chi connectivity index (χ4v) is 2.96. The van der Waals surface area contributed by atoms with Gasteiger partial charge in [-0.15, -0.1) is 0 Å². The predicted molar refractivity (Wildman–Crippen MR) is 81.0 cm³/mol. The molecule has 3 heterocycles. The first-order valence-electron chi connectivity index (χ1n) is 7.57. The molecule has 6 nitrogen and oxygen atoms in total. The molecule has 0 bridgehead atoms. The summed E-state index contributed by atoms with van der Waals surface area (Å²) in [6.45, 7) is 4.58. The third-order valence-corrected chi connectivity index (χ3v) is 4.24. The van der Waals surface area contributed by atoms with Crippen molar-refractivity contribution in [1.82, 2.24) is 9.88 Å². The molecular weight excluding hydrogens is 268 g/mol. The second-order valence-electron chi connectivity index (χ2n) is 5.67. The maximum Gasteiger partial charge on any atom is 0.228 e. The van der Waals surface area contributed by atoms with E-state index in [9.17, 15) is 4.79 Å². The molecule has 1 unspecified atom stereocenters. The highest BCUT2D eigenvalue weighted by atomic mass is 16.5. The van der Waals surface area contributed by atoms with Gasteiger partial charge in [-0.3, -0.25) is 4.79 Å². The van der Waals surface area contributed by atoms with Gasteiger partial charge >= 0.3 is 0 Å². The Morgan fingerprint density at radius 3 is 2.71 bits per heavy atom. The van der Waals surface area contributed by atoms with Crippen molar-refractivity contribution in [3.63, 3.8) is 0 Å². The number of aromatic nitrogens is 1. The van der Waals surface area contributed by atoms with Crippen LogP contribution in [0.25, 0.3) is 0 Å². The Morgan fingerprint density at radius 2 is 2.10 bits per heavy atom. The molecule has 0 aromatic carbocycles. The fourth-order valence-electron chi connectivity index (χ4n) is 2.96. The average Bonchev–Trinajstić information content (AvgIpc) is 2.56. The van der Waals surface area contributed by atoms with E-state index in [1.54, 1.807) is 6.20 Å². The van der Waals surface area contributed by atoms with Crippen LogP contribution < -0.4 is 10.6 Å². The fraction of sp³-hybridized carbons (Fsp3) is 0.600. The summed E-state index contributed by atoms with van der Waals surface area (Å²) in [6.07, 6.45) is 3.75. The zero-order chi connectivity index (χ0) is 14.7. The summed E-state index contributed by atoms with van der Waals surface area (Å²) in [5.41, 5.74) is 6.67. The van der Waals surface area contributed by atoms with Gasteiger partial charge in [0.1, 0.15) is 5.82 Å². The third-order valence-electron chi connectivity index (χ3n) is 4.24. The molecule has 0 spiro atoms. The van der Waals surface area contributed by atoms with E-state index in [4.69, 9.17) is 10.5 Å². The van der Waals surface area contributed by atoms with Crippen LogP contribution in [-0.2, 0) is 9.53 Å². The Kier molecular flexibility index (Phi) is 4.24. The van der Waals surface area contributed by atoms with E-state index in [1.165, 1.54) is 0 Å². The molecule has 1 aromatic heterocycles. The molecule has 1 aromatic rings. The minimum Gasteiger partial charge on any atom is -0.384 e. The van der Waals surface area contributed by atoms with Crippen LogP contribution in [0.15, 0.2) is 18.3 Å². The van der Waals surface area contributed by atoms with Crippen molar-refractivity contribution >= 4 is 17.4 Å². The number of carbonyl (C=O) groups excluding carboxylic acids is 1. The van der Waals surface area contributed by atoms with Crippen molar-refractivity contribution in [3.05, 3.63) is 18.3 Å². The summed E-state index contributed by atoms with van der Waals surface area (Å²) in [5.74, 6) is 0.845. The number of piperazine rings is 1. The highest BCUT2D eigenvalue weighted by Crippen LogP contribution is 2.20. The Bertz CT molecular complexity index is 477. The van der Waals surface area contributed by atoms with Crippen LogP contribution in [0.3, 0.4) is 0 Å². The first-order valence-corrected chi connectivity index (χ1v) is 7.57. The van der Waals surface area contributed by atoms with Gasteiger partial charge in [0.05, 0.1) is 24.4 Å². The molecule has 2 aliphatic heterocycles. The standard InChI is InChI=1S/C15H22N4O2/c16-14-4-3-13(10-17-14)18-5-7-19(8-6-18)15(20)12-2-1-9-21-11-12/h3-4,10,12H,1-2,5-9,11H2,(H2,16,17). The van der Waals surface area contributed by atoms with Crippen molar-refractivity contribution in [2.24, 2.45) is 5.92 Å². The van der Waals surface area contributed by atoms with Crippen LogP contribution in [-0.4, -0.2) is 55.2 Å². The Hall–Kier alpha value is -1.82. The van der Waals surface area contributed by atoms with Crippen molar-refractivity contribution in [3.8, 4) is 0 Å². The number of hydrogen-bond donors (Lipinski definition) is 1. The van der Waals surface area contributed by atoms with E-state index in [2.05, 4.69) is 9.88 Å². The van der Waals surface area contributed by atoms with E-state index in [0.717, 1.165) is 51.3 Å². The van der Waals surface area contributed by atoms with Crippen LogP contribution in [0.4, 0.5) is 11.5 Å². The van der Waals surface area contributed by atoms with Gasteiger partial charge in [-0.2, -0.15) is 0 Å². The van der Waals surface area contributed by atoms with Crippen LogP contribution in [0, 0.1) is 5.92 Å². The smallest absolute Gasteiger partial charge is 0.228 e. The zero-order valence-corrected chi connectivity index (χ0v) is 12.2. The molecule has 1 atom stereocenters. The van der Waals surface area contributed by atoms with Crippen molar-refractivity contribution < 1.29 is 9.53 Å². The molecule has 0 radical (unpaired) electrons. The summed E-state index contributed by atoms with van der Waals surface area (Å²) < 4.78 is 5.42. The maximum atomic E-state index is 12.4. The summed E-state index contributed by atoms with van der Waals surface area (Å²) in [4.78, 5) is 20.8. The summed E-state index contributed by atoms with van der Waals surface area (Å²) in [5, 5.41) is 0. The lowest BCUT2D eigenvalue weighted by Crippen LogP contribution is -2.51. The largest absolute Gasteiger partial charge is 0.384 e. The molecule has 2 fully saturated rings. The van der Waals surface area contributed by atoms with Crippen LogP contribution >= 0.6 is 0 Å². The number of anilines is 2. The van der Waals surface area contributed by atoms with E-state index in [1.807, 2.05) is 17.0 Å². The molecule has 2 N–H and O–H groups in total. The van der Waals surface area contributed by atoms with Gasteiger partial charge in [-0.05, 0) is 25.0 Å². The Balaban J connectivity index is 1.54. The van der Waals surface area contributed by atoms with Gasteiger partial charge in [-0.1, -0.05) is 0 Å². The van der Waals surface area contributed by atoms with Crippen LogP contribution in [0.5, 0.6) is 0 Å². The lowest BCUT2D eigenvalue weighted by molar-refractivity contribution is -0.140. The number of hydrogen-bond acceptors (Lipinski definition) is 5. The number of ether oxygens (including phenoxy) is 1. The monoisotopic (exact) mass is 290 g/mol. The number of pyridine rings is 1. The number of nitrogens with zero attached hydrogens (tertiary/aromatic N) is 3. The SMILES string of the molecule is Nc1ccc(N2CCN(C(=O)C3CCCOC3)CC2)cn1. The van der Waals surface area contributed by atoms with Crippen LogP contribution in [0.2, 0.25) is 0 Å². The quantitative estimate of drug-likeness (QED) is 0.870. The van der Waals surface area contributed by atoms with Gasteiger partial charge in [0.25, 0.3) is 0 Å². The summed E-state index contributed by atoms with van der Waals surface area (Å²) in [6, 6.07) is 3.79. The lowest BCUT2D eigenvalue weighted by atomic mass is 10.0. The van der Waals surface area contributed by atoms with E-state index in [0.29, 0.717) is 12.4 Å². The van der Waals surface area contributed by atoms with E-state index < -0.39 is 0 Å². The predicted octanol–water partition coefficient (Wildman–Crippen LogP) is 0.739. The van der Waals surface area contributed by atoms with Gasteiger partial charge in [0.15, 0.2) is 0 Å². The number of amides is 1. The van der Waals surface area contributed by atoms with E-state index in [-0.39, 0.29) is 11.8 Å². The minimum absolute atomic E-state index is 0.0588. The van der Waals surface area contributed by atoms with Gasteiger partial charge in [-0.25, -0.2) is 4.98 Å². The lowest BCUT2D eigenvalue weighted by Gasteiger charge is -2.38. The van der Waals surface area contributed by atoms with Crippen molar-refractivity contribution in [2.75, 3.05) is 50.0 Å². The Labute approximate surface area is 124 Å². The third kappa shape index (κ3) is 3.26. The van der Waals surface area contributed by atoms with Crippen molar-refractivity contribution in [1.29, 1.82) is 0 Å². The minimum atomic E-state index is 0.0588. The molecular formula is C15H22N4O2. The number of nitrogens with two attached hydrogens (primary N) is 1. The first kappa shape index (κ1) is 14.1. The molecule has 0 saturated carbocycles. The molecule has 114 valence electrons. The molecule has 2 saturated heterocycles. The summed E-state index contributed by atoms with van der Waals surface area (Å²) >= 11 is 0. The van der Waals surface area contributed by atoms with Crippen LogP contribution in [0.1, 0.15) is 12.8 Å². The molecule has 6 heteroatoms. The van der Waals surface area contributed by atoms with Gasteiger partial charge in [0, 0.05) is 32.8 Å². The molecule has 2 aliphatic rings. The molecule has 0 aliphatic carbocycles. The van der Waals surface area contributed by atoms with Crippen molar-refractivity contribution in [2.45, 2.75) is 12.8 Å². The van der Waals surface area contributed by atoms with Gasteiger partial charge in [0.2, 0.25) is 5.91 Å². The highest BCUT2D eigenvalue weighted by molar-refractivity contribution is 5.79. The maximum absolute atomic E-state index is 12.4. The molecule has 3 rings (SSSR count). The summed E-state index contributed by atoms with van der Waals surface area (Å²) in [7, 11) is 0. The Morgan fingerprint density at radius 1 is 1.29 bits per heavy atom. The topological polar surface area (TPSA) is 71.7 Å². The highest BCUT2D eigenvalue weighted by Gasteiger charge is 2.29. The zero-order valence-electron chi connectivity index (χ0n) is 12.2. The second-order valence-corrected chi connectivity index (χ2v) is 5.67. The first-order chi connectivity index (χ1) is 10.2. The number of carbonyl (C=O) groups is 1. The average molecular weight is 290 g/mol. The number of rotatable bonds is 2. The second kappa shape index (κ2) is 6.30. The van der Waals surface area contributed by atoms with E-state index >= 15 is 0 Å². The van der Waals surface area contributed by atoms with Gasteiger partial charge < -0.3 is 20.3 Å².